The largest absolute Gasteiger partial charge is 0.496 e. The highest BCUT2D eigenvalue weighted by atomic mass is 16.5. The number of ketones is 1. The van der Waals surface area contributed by atoms with Crippen LogP contribution in [0.3, 0.4) is 0 Å². The Labute approximate surface area is 133 Å². The average Bonchev–Trinajstić information content (AvgIpc) is 2.73. The van der Waals surface area contributed by atoms with Crippen molar-refractivity contribution in [2.75, 3.05) is 20.2 Å². The van der Waals surface area contributed by atoms with Gasteiger partial charge in [0.15, 0.2) is 5.78 Å². The number of carbonyl (C=O) groups excluding carboxylic acids is 4. The van der Waals surface area contributed by atoms with Crippen LogP contribution in [-0.4, -0.2) is 53.6 Å². The number of benzene rings is 1. The van der Waals surface area contributed by atoms with Crippen molar-refractivity contribution in [3.63, 3.8) is 0 Å². The number of methoxy groups -OCH3 is 1. The van der Waals surface area contributed by atoms with Crippen LogP contribution < -0.4 is 4.74 Å². The zero-order chi connectivity index (χ0) is 17.1. The molecule has 0 aromatic heterocycles. The number of ether oxygens (including phenoxy) is 1. The number of rotatable bonds is 6. The maximum Gasteiger partial charge on any atom is 0.334 e. The molecule has 1 aromatic carbocycles. The van der Waals surface area contributed by atoms with Crippen molar-refractivity contribution >= 4 is 23.6 Å². The predicted octanol–water partition coefficient (Wildman–Crippen LogP) is 1.16. The zero-order valence-electron chi connectivity index (χ0n) is 12.9. The Balaban J connectivity index is 2.25. The molecule has 1 saturated heterocycles. The van der Waals surface area contributed by atoms with E-state index in [-0.39, 0.29) is 12.1 Å². The van der Waals surface area contributed by atoms with E-state index >= 15 is 0 Å². The quantitative estimate of drug-likeness (QED) is 0.340. The van der Waals surface area contributed by atoms with Crippen LogP contribution in [0.5, 0.6) is 5.75 Å². The second-order valence-electron chi connectivity index (χ2n) is 5.01. The van der Waals surface area contributed by atoms with Gasteiger partial charge in [0.2, 0.25) is 0 Å². The molecule has 1 fully saturated rings. The highest BCUT2D eigenvalue weighted by Crippen LogP contribution is 2.21. The molecular formula is C16H16N2O5. The van der Waals surface area contributed by atoms with Crippen LogP contribution in [0.2, 0.25) is 0 Å². The van der Waals surface area contributed by atoms with Gasteiger partial charge in [0.1, 0.15) is 5.75 Å². The van der Waals surface area contributed by atoms with Crippen LogP contribution in [0.1, 0.15) is 15.9 Å². The van der Waals surface area contributed by atoms with Crippen molar-refractivity contribution in [1.82, 2.24) is 9.80 Å². The van der Waals surface area contributed by atoms with E-state index in [0.717, 1.165) is 10.5 Å². The first kappa shape index (κ1) is 16.4. The summed E-state index contributed by atoms with van der Waals surface area (Å²) in [6, 6.07) is 4.19. The van der Waals surface area contributed by atoms with E-state index in [2.05, 4.69) is 6.58 Å². The molecule has 1 aromatic rings. The third-order valence-corrected chi connectivity index (χ3v) is 3.40. The predicted molar refractivity (Wildman–Crippen MR) is 81.1 cm³/mol. The van der Waals surface area contributed by atoms with Crippen molar-refractivity contribution in [3.05, 3.63) is 42.0 Å². The van der Waals surface area contributed by atoms with Gasteiger partial charge in [0.25, 0.3) is 0 Å². The third-order valence-electron chi connectivity index (χ3n) is 3.40. The van der Waals surface area contributed by atoms with E-state index in [1.165, 1.54) is 13.2 Å². The molecule has 0 saturated carbocycles. The van der Waals surface area contributed by atoms with Gasteiger partial charge >= 0.3 is 17.8 Å². The second-order valence-corrected chi connectivity index (χ2v) is 5.01. The summed E-state index contributed by atoms with van der Waals surface area (Å²) in [6.07, 6.45) is 1.33. The molecule has 0 unspecified atom stereocenters. The maximum absolute atomic E-state index is 12.4. The number of hydrogen-bond donors (Lipinski definition) is 0. The van der Waals surface area contributed by atoms with E-state index in [9.17, 15) is 19.2 Å². The number of amides is 4. The van der Waals surface area contributed by atoms with E-state index in [0.29, 0.717) is 10.6 Å². The molecule has 7 heteroatoms. The molecule has 2 rings (SSSR count). The Hall–Kier alpha value is -2.96. The lowest BCUT2D eigenvalue weighted by Gasteiger charge is -2.15. The summed E-state index contributed by atoms with van der Waals surface area (Å²) in [5.41, 5.74) is 1.08. The number of hydrogen-bond acceptors (Lipinski definition) is 5. The zero-order valence-corrected chi connectivity index (χ0v) is 12.9. The number of Topliss-reactive ketones (excluding diaryl/α,β-unsaturated/α-hetero) is 1. The van der Waals surface area contributed by atoms with Gasteiger partial charge in [0.05, 0.1) is 19.2 Å². The standard InChI is InChI=1S/C16H16N2O5/c1-4-7-17-14(20)15(21)18(16(17)22)9-12(19)11-8-10(2)5-6-13(11)23-3/h4-6,8H,1,7,9H2,2-3H3. The van der Waals surface area contributed by atoms with E-state index in [1.807, 2.05) is 0 Å². The molecule has 0 aliphatic carbocycles. The fraction of sp³-hybridized carbons (Fsp3) is 0.250. The topological polar surface area (TPSA) is 84.0 Å². The molecular weight excluding hydrogens is 300 g/mol. The van der Waals surface area contributed by atoms with Crippen molar-refractivity contribution in [2.45, 2.75) is 6.92 Å². The number of imide groups is 2. The normalized spacial score (nSPS) is 14.4. The molecule has 1 aliphatic heterocycles. The summed E-state index contributed by atoms with van der Waals surface area (Å²) in [4.78, 5) is 49.5. The van der Waals surface area contributed by atoms with Crippen molar-refractivity contribution < 1.29 is 23.9 Å². The molecule has 0 bridgehead atoms. The maximum atomic E-state index is 12.4. The Morgan fingerprint density at radius 3 is 2.48 bits per heavy atom. The van der Waals surface area contributed by atoms with Crippen LogP contribution in [0.15, 0.2) is 30.9 Å². The Morgan fingerprint density at radius 1 is 1.22 bits per heavy atom. The Morgan fingerprint density at radius 2 is 1.87 bits per heavy atom. The monoisotopic (exact) mass is 316 g/mol. The van der Waals surface area contributed by atoms with Gasteiger partial charge in [-0.1, -0.05) is 17.7 Å². The first-order chi connectivity index (χ1) is 10.9. The number of urea groups is 1. The molecule has 1 aliphatic rings. The molecule has 1 heterocycles. The first-order valence-electron chi connectivity index (χ1n) is 6.86. The minimum Gasteiger partial charge on any atom is -0.496 e. The lowest BCUT2D eigenvalue weighted by atomic mass is 10.1. The SMILES string of the molecule is C=CCN1C(=O)C(=O)N(CC(=O)c2cc(C)ccc2OC)C1=O. The highest BCUT2D eigenvalue weighted by molar-refractivity contribution is 6.45. The van der Waals surface area contributed by atoms with Gasteiger partial charge in [-0.25, -0.2) is 9.69 Å². The van der Waals surface area contributed by atoms with Gasteiger partial charge in [-0.2, -0.15) is 0 Å². The van der Waals surface area contributed by atoms with Gasteiger partial charge < -0.3 is 4.74 Å². The summed E-state index contributed by atoms with van der Waals surface area (Å²) in [7, 11) is 1.42. The molecule has 120 valence electrons. The van der Waals surface area contributed by atoms with E-state index in [1.54, 1.807) is 25.1 Å². The molecule has 23 heavy (non-hydrogen) atoms. The summed E-state index contributed by atoms with van der Waals surface area (Å²) >= 11 is 0. The molecule has 0 spiro atoms. The lowest BCUT2D eigenvalue weighted by Crippen LogP contribution is -2.37. The van der Waals surface area contributed by atoms with Gasteiger partial charge in [-0.3, -0.25) is 19.3 Å². The summed E-state index contributed by atoms with van der Waals surface area (Å²) in [5, 5.41) is 0. The van der Waals surface area contributed by atoms with Crippen LogP contribution in [0, 0.1) is 6.92 Å². The van der Waals surface area contributed by atoms with Crippen LogP contribution in [0.25, 0.3) is 0 Å². The fourth-order valence-corrected chi connectivity index (χ4v) is 2.25. The fourth-order valence-electron chi connectivity index (χ4n) is 2.25. The summed E-state index contributed by atoms with van der Waals surface area (Å²) in [5.74, 6) is -2.12. The lowest BCUT2D eigenvalue weighted by molar-refractivity contribution is -0.142. The molecule has 7 nitrogen and oxygen atoms in total. The van der Waals surface area contributed by atoms with Gasteiger partial charge in [-0.15, -0.1) is 6.58 Å². The smallest absolute Gasteiger partial charge is 0.334 e. The Kier molecular flexibility index (Phi) is 4.59. The molecule has 0 atom stereocenters. The molecule has 0 radical (unpaired) electrons. The third kappa shape index (κ3) is 2.98. The van der Waals surface area contributed by atoms with Crippen molar-refractivity contribution in [3.8, 4) is 5.75 Å². The number of nitrogens with zero attached hydrogens (tertiary/aromatic N) is 2. The number of carbonyl (C=O) groups is 4. The van der Waals surface area contributed by atoms with Gasteiger partial charge in [-0.05, 0) is 19.1 Å². The summed E-state index contributed by atoms with van der Waals surface area (Å²) < 4.78 is 5.12. The van der Waals surface area contributed by atoms with E-state index < -0.39 is 30.2 Å². The van der Waals surface area contributed by atoms with E-state index in [4.69, 9.17) is 4.74 Å². The van der Waals surface area contributed by atoms with Crippen LogP contribution >= 0.6 is 0 Å². The minimum absolute atomic E-state index is 0.0815. The average molecular weight is 316 g/mol. The minimum atomic E-state index is -1.02. The first-order valence-corrected chi connectivity index (χ1v) is 6.86. The van der Waals surface area contributed by atoms with Crippen molar-refractivity contribution in [2.24, 2.45) is 0 Å². The second kappa shape index (κ2) is 6.43. The highest BCUT2D eigenvalue weighted by Gasteiger charge is 2.44. The van der Waals surface area contributed by atoms with Crippen LogP contribution in [-0.2, 0) is 9.59 Å². The summed E-state index contributed by atoms with van der Waals surface area (Å²) in [6.45, 7) is 4.63. The van der Waals surface area contributed by atoms with Crippen molar-refractivity contribution in [1.29, 1.82) is 0 Å². The molecule has 0 N–H and O–H groups in total. The van der Waals surface area contributed by atoms with Crippen LogP contribution in [0.4, 0.5) is 4.79 Å². The number of aryl methyl sites for hydroxylation is 1. The molecule has 4 amide bonds. The van der Waals surface area contributed by atoms with Gasteiger partial charge in [0, 0.05) is 6.54 Å². The Bertz CT molecular complexity index is 710.